The Kier molecular flexibility index (Phi) is 3.85. The Morgan fingerprint density at radius 1 is 1.52 bits per heavy atom. The van der Waals surface area contributed by atoms with E-state index in [1.54, 1.807) is 0 Å². The molecule has 0 fully saturated rings. The number of nitrogens with zero attached hydrogens (tertiary/aromatic N) is 1. The number of aliphatic hydroxyl groups excluding tert-OH is 2. The molecule has 1 aliphatic heterocycles. The highest BCUT2D eigenvalue weighted by molar-refractivity contribution is 5.69. The van der Waals surface area contributed by atoms with E-state index in [-0.39, 0.29) is 12.2 Å². The van der Waals surface area contributed by atoms with Gasteiger partial charge in [-0.1, -0.05) is 6.92 Å². The third-order valence-corrected chi connectivity index (χ3v) is 3.14. The van der Waals surface area contributed by atoms with Crippen LogP contribution in [0.5, 0.6) is 0 Å². The Morgan fingerprint density at radius 3 is 2.76 bits per heavy atom. The summed E-state index contributed by atoms with van der Waals surface area (Å²) in [4.78, 5) is 35.4. The van der Waals surface area contributed by atoms with Gasteiger partial charge in [0.25, 0.3) is 5.56 Å². The first kappa shape index (κ1) is 14.9. The molecule has 21 heavy (non-hydrogen) atoms. The maximum Gasteiger partial charge on any atom is 0.331 e. The molecule has 0 bridgehead atoms. The van der Waals surface area contributed by atoms with Gasteiger partial charge in [-0.3, -0.25) is 19.1 Å². The number of aromatic nitrogens is 2. The van der Waals surface area contributed by atoms with Crippen molar-refractivity contribution in [3.8, 4) is 0 Å². The monoisotopic (exact) mass is 298 g/mol. The minimum atomic E-state index is -1.52. The van der Waals surface area contributed by atoms with Crippen molar-refractivity contribution in [2.45, 2.75) is 25.7 Å². The minimum absolute atomic E-state index is 0.0968. The number of carboxylic acids is 1. The molecule has 0 saturated carbocycles. The van der Waals surface area contributed by atoms with Crippen LogP contribution in [0.2, 0.25) is 0 Å². The van der Waals surface area contributed by atoms with Gasteiger partial charge >= 0.3 is 11.7 Å². The topological polar surface area (TPSA) is 142 Å². The molecule has 1 aromatic rings. The molecule has 4 N–H and O–H groups in total. The standard InChI is InChI=1S/C12H14N2O7/c1-5(11(18)19)4-6-8(16)9(17)10(21-6)14-3-2-7(15)13-12(14)20/h2-3,5,9-10,16-17H,4H2,1H3,(H,18,19)(H,13,15,20)/t5-,9?,10+/m0/s1. The molecule has 9 nitrogen and oxygen atoms in total. The van der Waals surface area contributed by atoms with Gasteiger partial charge in [0.2, 0.25) is 6.23 Å². The largest absolute Gasteiger partial charge is 0.506 e. The Morgan fingerprint density at radius 2 is 2.19 bits per heavy atom. The number of nitrogens with one attached hydrogen (secondary N) is 1. The molecule has 1 aliphatic rings. The van der Waals surface area contributed by atoms with Gasteiger partial charge in [-0.05, 0) is 0 Å². The average Bonchev–Trinajstić information content (AvgIpc) is 2.67. The number of ether oxygens (including phenoxy) is 1. The van der Waals surface area contributed by atoms with E-state index in [0.29, 0.717) is 0 Å². The summed E-state index contributed by atoms with van der Waals surface area (Å²) in [6.45, 7) is 1.41. The highest BCUT2D eigenvalue weighted by Gasteiger charge is 2.38. The average molecular weight is 298 g/mol. The number of aliphatic carboxylic acids is 1. The van der Waals surface area contributed by atoms with E-state index in [4.69, 9.17) is 9.84 Å². The molecule has 1 unspecified atom stereocenters. The minimum Gasteiger partial charge on any atom is -0.506 e. The number of hydrogen-bond donors (Lipinski definition) is 4. The molecule has 0 radical (unpaired) electrons. The first-order chi connectivity index (χ1) is 9.81. The molecule has 0 saturated heterocycles. The van der Waals surface area contributed by atoms with Crippen LogP contribution in [-0.4, -0.2) is 36.9 Å². The summed E-state index contributed by atoms with van der Waals surface area (Å²) in [5.74, 6) is -2.54. The van der Waals surface area contributed by atoms with Gasteiger partial charge in [-0.25, -0.2) is 4.79 Å². The highest BCUT2D eigenvalue weighted by Crippen LogP contribution is 2.33. The summed E-state index contributed by atoms with van der Waals surface area (Å²) in [6, 6.07) is 1.06. The van der Waals surface area contributed by atoms with E-state index < -0.39 is 41.2 Å². The summed E-state index contributed by atoms with van der Waals surface area (Å²) in [5, 5.41) is 28.5. The second-order valence-corrected chi connectivity index (χ2v) is 4.72. The summed E-state index contributed by atoms with van der Waals surface area (Å²) < 4.78 is 6.17. The SMILES string of the molecule is C[C@@H](CC1=C(O)C(O)[C@H](n2ccc(=O)[nH]c2=O)O1)C(=O)O. The lowest BCUT2D eigenvalue weighted by Crippen LogP contribution is -2.35. The Hall–Kier alpha value is -2.55. The molecule has 2 heterocycles. The number of allylic oxidation sites excluding steroid dienone is 1. The van der Waals surface area contributed by atoms with E-state index in [0.717, 1.165) is 16.8 Å². The predicted molar refractivity (Wildman–Crippen MR) is 68.5 cm³/mol. The van der Waals surface area contributed by atoms with E-state index in [1.807, 2.05) is 4.98 Å². The van der Waals surface area contributed by atoms with Gasteiger partial charge in [0.1, 0.15) is 5.76 Å². The van der Waals surface area contributed by atoms with Crippen LogP contribution in [0.15, 0.2) is 33.4 Å². The van der Waals surface area contributed by atoms with Gasteiger partial charge < -0.3 is 20.1 Å². The molecule has 3 atom stereocenters. The number of hydrogen-bond acceptors (Lipinski definition) is 6. The number of rotatable bonds is 4. The lowest BCUT2D eigenvalue weighted by molar-refractivity contribution is -0.141. The third kappa shape index (κ3) is 2.82. The molecule has 0 aromatic carbocycles. The number of carboxylic acid groups (broad SMARTS) is 1. The summed E-state index contributed by atoms with van der Waals surface area (Å²) in [7, 11) is 0. The molecular weight excluding hydrogens is 284 g/mol. The van der Waals surface area contributed by atoms with Crippen molar-refractivity contribution >= 4 is 5.97 Å². The quantitative estimate of drug-likeness (QED) is 0.576. The van der Waals surface area contributed by atoms with Crippen LogP contribution >= 0.6 is 0 Å². The van der Waals surface area contributed by atoms with Crippen molar-refractivity contribution in [3.05, 3.63) is 44.6 Å². The maximum absolute atomic E-state index is 11.6. The molecule has 0 amide bonds. The van der Waals surface area contributed by atoms with Crippen LogP contribution in [0.1, 0.15) is 19.6 Å². The smallest absolute Gasteiger partial charge is 0.331 e. The van der Waals surface area contributed by atoms with Gasteiger partial charge in [-0.2, -0.15) is 0 Å². The van der Waals surface area contributed by atoms with Crippen molar-refractivity contribution < 1.29 is 24.9 Å². The van der Waals surface area contributed by atoms with Crippen LogP contribution in [0, 0.1) is 5.92 Å². The van der Waals surface area contributed by atoms with Crippen molar-refractivity contribution in [3.63, 3.8) is 0 Å². The fraction of sp³-hybridized carbons (Fsp3) is 0.417. The van der Waals surface area contributed by atoms with Crippen LogP contribution < -0.4 is 11.2 Å². The zero-order valence-electron chi connectivity index (χ0n) is 11.0. The van der Waals surface area contributed by atoms with Crippen molar-refractivity contribution in [1.82, 2.24) is 9.55 Å². The lowest BCUT2D eigenvalue weighted by Gasteiger charge is -2.17. The van der Waals surface area contributed by atoms with Crippen molar-refractivity contribution in [2.24, 2.45) is 5.92 Å². The molecule has 0 spiro atoms. The fourth-order valence-corrected chi connectivity index (χ4v) is 1.93. The van der Waals surface area contributed by atoms with Crippen LogP contribution in [-0.2, 0) is 9.53 Å². The van der Waals surface area contributed by atoms with Gasteiger partial charge in [0.05, 0.1) is 5.92 Å². The van der Waals surface area contributed by atoms with Gasteiger partial charge in [0.15, 0.2) is 11.9 Å². The molecule has 1 aromatic heterocycles. The summed E-state index contributed by atoms with van der Waals surface area (Å²) in [5.41, 5.74) is -1.42. The zero-order chi connectivity index (χ0) is 15.7. The second-order valence-electron chi connectivity index (χ2n) is 4.72. The molecule has 114 valence electrons. The van der Waals surface area contributed by atoms with Gasteiger partial charge in [-0.15, -0.1) is 0 Å². The number of H-pyrrole nitrogens is 1. The number of aromatic amines is 1. The first-order valence-electron chi connectivity index (χ1n) is 6.12. The molecule has 0 aliphatic carbocycles. The fourth-order valence-electron chi connectivity index (χ4n) is 1.93. The van der Waals surface area contributed by atoms with E-state index in [9.17, 15) is 24.6 Å². The van der Waals surface area contributed by atoms with E-state index in [1.165, 1.54) is 6.92 Å². The maximum atomic E-state index is 11.6. The van der Waals surface area contributed by atoms with Crippen molar-refractivity contribution in [2.75, 3.05) is 0 Å². The van der Waals surface area contributed by atoms with Crippen LogP contribution in [0.25, 0.3) is 0 Å². The van der Waals surface area contributed by atoms with Crippen molar-refractivity contribution in [1.29, 1.82) is 0 Å². The number of carbonyl (C=O) groups is 1. The van der Waals surface area contributed by atoms with Crippen LogP contribution in [0.4, 0.5) is 0 Å². The van der Waals surface area contributed by atoms with Crippen LogP contribution in [0.3, 0.4) is 0 Å². The molecule has 9 heteroatoms. The Labute approximate surface area is 117 Å². The molecular formula is C12H14N2O7. The second kappa shape index (κ2) is 5.44. The van der Waals surface area contributed by atoms with Gasteiger partial charge in [0, 0.05) is 18.7 Å². The first-order valence-corrected chi connectivity index (χ1v) is 6.12. The van der Waals surface area contributed by atoms with E-state index in [2.05, 4.69) is 0 Å². The zero-order valence-corrected chi connectivity index (χ0v) is 11.0. The summed E-state index contributed by atoms with van der Waals surface area (Å²) >= 11 is 0. The molecule has 2 rings (SSSR count). The third-order valence-electron chi connectivity index (χ3n) is 3.14. The Bertz CT molecular complexity index is 702. The normalized spacial score (nSPS) is 23.0. The lowest BCUT2D eigenvalue weighted by atomic mass is 10.1. The summed E-state index contributed by atoms with van der Waals surface area (Å²) in [6.07, 6.45) is -1.80. The number of aliphatic hydroxyl groups is 2. The predicted octanol–water partition coefficient (Wildman–Crippen LogP) is -0.693. The Balaban J connectivity index is 2.26. The van der Waals surface area contributed by atoms with E-state index >= 15 is 0 Å². The highest BCUT2D eigenvalue weighted by atomic mass is 16.5.